The van der Waals surface area contributed by atoms with Crippen molar-refractivity contribution in [1.29, 1.82) is 0 Å². The van der Waals surface area contributed by atoms with Crippen molar-refractivity contribution in [1.82, 2.24) is 24.5 Å². The molecule has 0 spiro atoms. The minimum absolute atomic E-state index is 0.424. The summed E-state index contributed by atoms with van der Waals surface area (Å²) >= 11 is 0. The molecular formula is C14H16N6. The van der Waals surface area contributed by atoms with Crippen LogP contribution in [0, 0.1) is 6.92 Å². The lowest BCUT2D eigenvalue weighted by Gasteiger charge is -2.25. The van der Waals surface area contributed by atoms with E-state index in [0.717, 1.165) is 35.6 Å². The number of nitrogens with zero attached hydrogens (tertiary/aromatic N) is 5. The van der Waals surface area contributed by atoms with Crippen molar-refractivity contribution >= 4 is 16.9 Å². The summed E-state index contributed by atoms with van der Waals surface area (Å²) in [5.41, 5.74) is 3.27. The van der Waals surface area contributed by atoms with Crippen LogP contribution in [-0.2, 0) is 13.6 Å². The maximum atomic E-state index is 4.69. The standard InChI is InChI=1S/C14H16N6/c1-9-12-13-16-7-11(10-3-5-15-6-4-10)8-20(13)18-14(12)19(2)17-9/h3-6,11,16H,7-8H2,1-2H3. The van der Waals surface area contributed by atoms with Crippen molar-refractivity contribution in [3.63, 3.8) is 0 Å². The molecule has 0 aliphatic carbocycles. The average Bonchev–Trinajstić information content (AvgIpc) is 2.98. The lowest BCUT2D eigenvalue weighted by molar-refractivity contribution is 0.505. The molecule has 3 aromatic heterocycles. The van der Waals surface area contributed by atoms with Crippen LogP contribution in [0.5, 0.6) is 0 Å². The molecule has 1 aliphatic heterocycles. The Hall–Kier alpha value is -2.37. The van der Waals surface area contributed by atoms with Gasteiger partial charge in [-0.3, -0.25) is 4.98 Å². The minimum atomic E-state index is 0.424. The summed E-state index contributed by atoms with van der Waals surface area (Å²) in [6.07, 6.45) is 3.69. The molecule has 0 fully saturated rings. The lowest BCUT2D eigenvalue weighted by Crippen LogP contribution is -2.26. The highest BCUT2D eigenvalue weighted by Crippen LogP contribution is 2.32. The molecule has 0 saturated heterocycles. The minimum Gasteiger partial charge on any atom is -0.369 e. The van der Waals surface area contributed by atoms with E-state index < -0.39 is 0 Å². The first kappa shape index (κ1) is 11.5. The maximum absolute atomic E-state index is 4.69. The number of pyridine rings is 1. The van der Waals surface area contributed by atoms with Gasteiger partial charge in [0.25, 0.3) is 0 Å². The van der Waals surface area contributed by atoms with Crippen molar-refractivity contribution < 1.29 is 0 Å². The molecule has 4 heterocycles. The van der Waals surface area contributed by atoms with Crippen molar-refractivity contribution in [2.75, 3.05) is 11.9 Å². The molecular weight excluding hydrogens is 252 g/mol. The normalized spacial score (nSPS) is 18.0. The first-order chi connectivity index (χ1) is 9.74. The molecule has 102 valence electrons. The highest BCUT2D eigenvalue weighted by molar-refractivity contribution is 5.90. The van der Waals surface area contributed by atoms with Gasteiger partial charge in [0.15, 0.2) is 5.65 Å². The van der Waals surface area contributed by atoms with Crippen LogP contribution in [0.2, 0.25) is 0 Å². The summed E-state index contributed by atoms with van der Waals surface area (Å²) in [6.45, 7) is 3.83. The monoisotopic (exact) mass is 268 g/mol. The van der Waals surface area contributed by atoms with Gasteiger partial charge in [0.1, 0.15) is 5.82 Å². The van der Waals surface area contributed by atoms with E-state index in [1.54, 1.807) is 0 Å². The molecule has 0 aromatic carbocycles. The van der Waals surface area contributed by atoms with Gasteiger partial charge in [0.2, 0.25) is 0 Å². The Balaban J connectivity index is 1.77. The fraction of sp³-hybridized carbons (Fsp3) is 0.357. The van der Waals surface area contributed by atoms with E-state index >= 15 is 0 Å². The van der Waals surface area contributed by atoms with Crippen molar-refractivity contribution in [3.05, 3.63) is 35.8 Å². The van der Waals surface area contributed by atoms with Gasteiger partial charge < -0.3 is 5.32 Å². The lowest BCUT2D eigenvalue weighted by atomic mass is 9.99. The predicted molar refractivity (Wildman–Crippen MR) is 76.7 cm³/mol. The molecule has 0 bridgehead atoms. The quantitative estimate of drug-likeness (QED) is 0.729. The van der Waals surface area contributed by atoms with E-state index in [4.69, 9.17) is 0 Å². The third kappa shape index (κ3) is 1.54. The van der Waals surface area contributed by atoms with Gasteiger partial charge in [0, 0.05) is 31.9 Å². The van der Waals surface area contributed by atoms with Gasteiger partial charge in [-0.15, -0.1) is 0 Å². The number of hydrogen-bond acceptors (Lipinski definition) is 4. The third-order valence-corrected chi connectivity index (χ3v) is 3.99. The molecule has 20 heavy (non-hydrogen) atoms. The number of hydrogen-bond donors (Lipinski definition) is 1. The highest BCUT2D eigenvalue weighted by atomic mass is 15.4. The molecule has 1 aliphatic rings. The Labute approximate surface area is 116 Å². The van der Waals surface area contributed by atoms with E-state index in [1.165, 1.54) is 5.56 Å². The predicted octanol–water partition coefficient (Wildman–Crippen LogP) is 1.68. The van der Waals surface area contributed by atoms with Crippen LogP contribution < -0.4 is 5.32 Å². The fourth-order valence-electron chi connectivity index (χ4n) is 3.00. The van der Waals surface area contributed by atoms with Crippen molar-refractivity contribution in [3.8, 4) is 0 Å². The first-order valence-electron chi connectivity index (χ1n) is 6.78. The highest BCUT2D eigenvalue weighted by Gasteiger charge is 2.25. The summed E-state index contributed by atoms with van der Waals surface area (Å²) in [6, 6.07) is 4.15. The molecule has 0 amide bonds. The van der Waals surface area contributed by atoms with Crippen molar-refractivity contribution in [2.24, 2.45) is 7.05 Å². The Morgan fingerprint density at radius 3 is 2.85 bits per heavy atom. The molecule has 3 aromatic rings. The molecule has 1 atom stereocenters. The summed E-state index contributed by atoms with van der Waals surface area (Å²) in [5.74, 6) is 1.52. The average molecular weight is 268 g/mol. The summed E-state index contributed by atoms with van der Waals surface area (Å²) in [4.78, 5) is 4.08. The Bertz CT molecular complexity index is 770. The second-order valence-electron chi connectivity index (χ2n) is 5.30. The zero-order valence-electron chi connectivity index (χ0n) is 11.5. The van der Waals surface area contributed by atoms with Gasteiger partial charge in [-0.05, 0) is 24.6 Å². The number of aromatic nitrogens is 5. The van der Waals surface area contributed by atoms with Gasteiger partial charge in [0.05, 0.1) is 17.6 Å². The Morgan fingerprint density at radius 2 is 2.05 bits per heavy atom. The van der Waals surface area contributed by atoms with Crippen LogP contribution in [0.1, 0.15) is 17.2 Å². The second kappa shape index (κ2) is 4.06. The largest absolute Gasteiger partial charge is 0.369 e. The van der Waals surface area contributed by atoms with Crippen LogP contribution in [0.25, 0.3) is 11.0 Å². The molecule has 4 rings (SSSR count). The topological polar surface area (TPSA) is 60.6 Å². The summed E-state index contributed by atoms with van der Waals surface area (Å²) in [7, 11) is 1.94. The number of rotatable bonds is 1. The number of anilines is 1. The van der Waals surface area contributed by atoms with Gasteiger partial charge in [-0.25, -0.2) is 9.36 Å². The molecule has 1 unspecified atom stereocenters. The van der Waals surface area contributed by atoms with E-state index in [0.29, 0.717) is 5.92 Å². The zero-order chi connectivity index (χ0) is 13.7. The zero-order valence-corrected chi connectivity index (χ0v) is 11.5. The van der Waals surface area contributed by atoms with Crippen LogP contribution in [0.3, 0.4) is 0 Å². The molecule has 0 saturated carbocycles. The summed E-state index contributed by atoms with van der Waals surface area (Å²) < 4.78 is 3.91. The van der Waals surface area contributed by atoms with Crippen LogP contribution in [0.4, 0.5) is 5.82 Å². The number of nitrogens with one attached hydrogen (secondary N) is 1. The van der Waals surface area contributed by atoms with Gasteiger partial charge >= 0.3 is 0 Å². The van der Waals surface area contributed by atoms with E-state index in [1.807, 2.05) is 31.0 Å². The van der Waals surface area contributed by atoms with E-state index in [2.05, 4.69) is 37.3 Å². The number of fused-ring (bicyclic) bond motifs is 3. The second-order valence-corrected chi connectivity index (χ2v) is 5.30. The van der Waals surface area contributed by atoms with Crippen molar-refractivity contribution in [2.45, 2.75) is 19.4 Å². The van der Waals surface area contributed by atoms with Crippen LogP contribution in [-0.4, -0.2) is 31.1 Å². The van der Waals surface area contributed by atoms with Gasteiger partial charge in [-0.1, -0.05) is 0 Å². The maximum Gasteiger partial charge on any atom is 0.182 e. The Morgan fingerprint density at radius 1 is 1.25 bits per heavy atom. The van der Waals surface area contributed by atoms with Crippen LogP contribution >= 0.6 is 0 Å². The SMILES string of the molecule is Cc1nn(C)c2nn3c(c12)NCC(c1ccncc1)C3. The molecule has 1 N–H and O–H groups in total. The smallest absolute Gasteiger partial charge is 0.182 e. The van der Waals surface area contributed by atoms with Crippen LogP contribution in [0.15, 0.2) is 24.5 Å². The first-order valence-corrected chi connectivity index (χ1v) is 6.78. The van der Waals surface area contributed by atoms with E-state index in [-0.39, 0.29) is 0 Å². The fourth-order valence-corrected chi connectivity index (χ4v) is 3.00. The molecule has 0 radical (unpaired) electrons. The van der Waals surface area contributed by atoms with E-state index in [9.17, 15) is 0 Å². The number of aryl methyl sites for hydroxylation is 2. The Kier molecular flexibility index (Phi) is 2.33. The molecule has 6 heteroatoms. The third-order valence-electron chi connectivity index (χ3n) is 3.99. The summed E-state index contributed by atoms with van der Waals surface area (Å²) in [5, 5.41) is 13.8. The molecule has 6 nitrogen and oxygen atoms in total. The van der Waals surface area contributed by atoms with Gasteiger partial charge in [-0.2, -0.15) is 10.2 Å².